The second-order valence-corrected chi connectivity index (χ2v) is 3.53. The molecule has 0 aliphatic carbocycles. The molecule has 0 saturated carbocycles. The Morgan fingerprint density at radius 1 is 1.50 bits per heavy atom. The lowest BCUT2D eigenvalue weighted by atomic mass is 10.1. The van der Waals surface area contributed by atoms with Gasteiger partial charge in [-0.05, 0) is 6.07 Å². The Bertz CT molecular complexity index is 614. The number of rotatable bonds is 2. The molecule has 0 fully saturated rings. The van der Waals surface area contributed by atoms with E-state index < -0.39 is 24.4 Å². The van der Waals surface area contributed by atoms with Crippen molar-refractivity contribution < 1.29 is 18.3 Å². The van der Waals surface area contributed by atoms with Crippen molar-refractivity contribution in [1.82, 2.24) is 14.6 Å². The molecule has 2 rings (SSSR count). The van der Waals surface area contributed by atoms with E-state index in [0.29, 0.717) is 0 Å². The Kier molecular flexibility index (Phi) is 2.92. The molecule has 0 amide bonds. The predicted molar refractivity (Wildman–Crippen MR) is 53.4 cm³/mol. The van der Waals surface area contributed by atoms with Crippen LogP contribution in [0.5, 0.6) is 0 Å². The molecule has 0 aliphatic heterocycles. The molecule has 1 unspecified atom stereocenters. The SMILES string of the molecule is N#CC(CO)c1nccn2nc(C(F)(F)F)cc12. The zero-order valence-corrected chi connectivity index (χ0v) is 8.89. The summed E-state index contributed by atoms with van der Waals surface area (Å²) in [6.45, 7) is -0.518. The van der Waals surface area contributed by atoms with Gasteiger partial charge in [0.2, 0.25) is 0 Å². The fourth-order valence-electron chi connectivity index (χ4n) is 1.54. The summed E-state index contributed by atoms with van der Waals surface area (Å²) in [5, 5.41) is 21.2. The summed E-state index contributed by atoms with van der Waals surface area (Å²) >= 11 is 0. The fraction of sp³-hybridized carbons (Fsp3) is 0.300. The van der Waals surface area contributed by atoms with E-state index in [1.54, 1.807) is 6.07 Å². The average Bonchev–Trinajstić information content (AvgIpc) is 2.75. The van der Waals surface area contributed by atoms with Crippen LogP contribution in [0.15, 0.2) is 18.5 Å². The van der Waals surface area contributed by atoms with Gasteiger partial charge in [-0.25, -0.2) is 4.52 Å². The van der Waals surface area contributed by atoms with Gasteiger partial charge in [0.1, 0.15) is 5.92 Å². The molecule has 8 heteroatoms. The molecule has 1 N–H and O–H groups in total. The van der Waals surface area contributed by atoms with Gasteiger partial charge in [-0.2, -0.15) is 23.5 Å². The van der Waals surface area contributed by atoms with Crippen LogP contribution in [0.2, 0.25) is 0 Å². The van der Waals surface area contributed by atoms with Crippen molar-refractivity contribution in [3.05, 3.63) is 29.8 Å². The van der Waals surface area contributed by atoms with E-state index in [2.05, 4.69) is 10.1 Å². The van der Waals surface area contributed by atoms with Crippen LogP contribution in [-0.4, -0.2) is 26.3 Å². The summed E-state index contributed by atoms with van der Waals surface area (Å²) in [5.41, 5.74) is -0.928. The van der Waals surface area contributed by atoms with E-state index in [-0.39, 0.29) is 11.2 Å². The van der Waals surface area contributed by atoms with Crippen LogP contribution in [0.3, 0.4) is 0 Å². The van der Waals surface area contributed by atoms with E-state index in [0.717, 1.165) is 10.6 Å². The van der Waals surface area contributed by atoms with Crippen molar-refractivity contribution in [3.8, 4) is 6.07 Å². The maximum Gasteiger partial charge on any atom is 0.435 e. The van der Waals surface area contributed by atoms with Crippen molar-refractivity contribution in [2.75, 3.05) is 6.61 Å². The normalized spacial score (nSPS) is 13.5. The van der Waals surface area contributed by atoms with Crippen molar-refractivity contribution >= 4 is 5.52 Å². The molecular weight excluding hydrogens is 249 g/mol. The Morgan fingerprint density at radius 2 is 2.22 bits per heavy atom. The van der Waals surface area contributed by atoms with Gasteiger partial charge in [-0.1, -0.05) is 0 Å². The number of alkyl halides is 3. The van der Waals surface area contributed by atoms with Gasteiger partial charge in [0.15, 0.2) is 5.69 Å². The van der Waals surface area contributed by atoms with Crippen LogP contribution in [0.1, 0.15) is 17.3 Å². The van der Waals surface area contributed by atoms with Crippen LogP contribution in [-0.2, 0) is 6.18 Å². The van der Waals surface area contributed by atoms with Crippen molar-refractivity contribution in [3.63, 3.8) is 0 Å². The summed E-state index contributed by atoms with van der Waals surface area (Å²) in [6.07, 6.45) is -2.08. The molecule has 2 heterocycles. The highest BCUT2D eigenvalue weighted by Crippen LogP contribution is 2.30. The molecule has 2 aromatic rings. The third-order valence-corrected chi connectivity index (χ3v) is 2.38. The van der Waals surface area contributed by atoms with Crippen molar-refractivity contribution in [1.29, 1.82) is 5.26 Å². The molecule has 0 radical (unpaired) electrons. The van der Waals surface area contributed by atoms with Gasteiger partial charge < -0.3 is 5.11 Å². The largest absolute Gasteiger partial charge is 0.435 e. The van der Waals surface area contributed by atoms with Gasteiger partial charge in [0.25, 0.3) is 0 Å². The van der Waals surface area contributed by atoms with Gasteiger partial charge in [0.05, 0.1) is 23.9 Å². The fourth-order valence-corrected chi connectivity index (χ4v) is 1.54. The number of nitrogens with zero attached hydrogens (tertiary/aromatic N) is 4. The number of fused-ring (bicyclic) bond motifs is 1. The predicted octanol–water partition coefficient (Wildman–Crippen LogP) is 1.35. The highest BCUT2D eigenvalue weighted by molar-refractivity contribution is 5.55. The van der Waals surface area contributed by atoms with Crippen molar-refractivity contribution in [2.45, 2.75) is 12.1 Å². The molecule has 5 nitrogen and oxygen atoms in total. The third-order valence-electron chi connectivity index (χ3n) is 2.38. The van der Waals surface area contributed by atoms with Crippen LogP contribution >= 0.6 is 0 Å². The highest BCUT2D eigenvalue weighted by atomic mass is 19.4. The van der Waals surface area contributed by atoms with E-state index in [1.165, 1.54) is 12.4 Å². The van der Waals surface area contributed by atoms with Gasteiger partial charge >= 0.3 is 6.18 Å². The average molecular weight is 256 g/mol. The van der Waals surface area contributed by atoms with E-state index in [1.807, 2.05) is 0 Å². The number of halogens is 3. The first-order valence-corrected chi connectivity index (χ1v) is 4.89. The number of hydrogen-bond acceptors (Lipinski definition) is 4. The van der Waals surface area contributed by atoms with Gasteiger partial charge in [0, 0.05) is 12.4 Å². The number of aliphatic hydroxyl groups is 1. The van der Waals surface area contributed by atoms with Crippen LogP contribution < -0.4 is 0 Å². The first kappa shape index (κ1) is 12.3. The standard InChI is InChI=1S/C10H7F3N4O/c11-10(12,13)8-3-7-9(6(4-14)5-18)15-1-2-17(7)16-8/h1-3,6,18H,5H2. The molecule has 18 heavy (non-hydrogen) atoms. The van der Waals surface area contributed by atoms with Crippen molar-refractivity contribution in [2.24, 2.45) is 0 Å². The Labute approximate surface area is 99.1 Å². The van der Waals surface area contributed by atoms with Gasteiger partial charge in [-0.15, -0.1) is 0 Å². The Hall–Kier alpha value is -2.14. The second-order valence-electron chi connectivity index (χ2n) is 3.53. The molecule has 0 saturated heterocycles. The van der Waals surface area contributed by atoms with E-state index in [9.17, 15) is 13.2 Å². The van der Waals surface area contributed by atoms with Crippen LogP contribution in [0.25, 0.3) is 5.52 Å². The van der Waals surface area contributed by atoms with Gasteiger partial charge in [-0.3, -0.25) is 4.98 Å². The lowest BCUT2D eigenvalue weighted by Gasteiger charge is -2.05. The van der Waals surface area contributed by atoms with Crippen LogP contribution in [0, 0.1) is 11.3 Å². The zero-order valence-electron chi connectivity index (χ0n) is 8.89. The van der Waals surface area contributed by atoms with Crippen LogP contribution in [0.4, 0.5) is 13.2 Å². The Balaban J connectivity index is 2.63. The first-order valence-electron chi connectivity index (χ1n) is 4.89. The Morgan fingerprint density at radius 3 is 2.78 bits per heavy atom. The molecule has 1 atom stereocenters. The topological polar surface area (TPSA) is 74.2 Å². The van der Waals surface area contributed by atoms with E-state index >= 15 is 0 Å². The molecule has 2 aromatic heterocycles. The maximum atomic E-state index is 12.5. The minimum absolute atomic E-state index is 0.0606. The summed E-state index contributed by atoms with van der Waals surface area (Å²) in [5.74, 6) is -0.980. The molecule has 0 spiro atoms. The number of aliphatic hydroxyl groups excluding tert-OH is 1. The summed E-state index contributed by atoms with van der Waals surface area (Å²) < 4.78 is 38.5. The quantitative estimate of drug-likeness (QED) is 0.880. The number of hydrogen-bond donors (Lipinski definition) is 1. The highest BCUT2D eigenvalue weighted by Gasteiger charge is 2.34. The summed E-state index contributed by atoms with van der Waals surface area (Å²) in [4.78, 5) is 3.83. The third kappa shape index (κ3) is 2.00. The monoisotopic (exact) mass is 256 g/mol. The lowest BCUT2D eigenvalue weighted by Crippen LogP contribution is -2.06. The molecule has 94 valence electrons. The molecular formula is C10H7F3N4O. The lowest BCUT2D eigenvalue weighted by molar-refractivity contribution is -0.141. The molecule has 0 bridgehead atoms. The van der Waals surface area contributed by atoms with E-state index in [4.69, 9.17) is 10.4 Å². The molecule has 0 aromatic carbocycles. The minimum Gasteiger partial charge on any atom is -0.395 e. The summed E-state index contributed by atoms with van der Waals surface area (Å²) in [7, 11) is 0. The summed E-state index contributed by atoms with van der Waals surface area (Å²) in [6, 6.07) is 2.58. The maximum absolute atomic E-state index is 12.5. The number of nitriles is 1. The minimum atomic E-state index is -4.56. The molecule has 0 aliphatic rings. The smallest absolute Gasteiger partial charge is 0.395 e. The number of aromatic nitrogens is 3. The zero-order chi connectivity index (χ0) is 13.3. The first-order chi connectivity index (χ1) is 8.47. The second kappa shape index (κ2) is 4.27.